The van der Waals surface area contributed by atoms with Gasteiger partial charge in [-0.25, -0.2) is 14.2 Å². The van der Waals surface area contributed by atoms with E-state index in [2.05, 4.69) is 10.3 Å². The number of aromatic carboxylic acids is 1. The van der Waals surface area contributed by atoms with Crippen molar-refractivity contribution in [1.82, 2.24) is 10.3 Å². The van der Waals surface area contributed by atoms with Crippen LogP contribution >= 0.6 is 0 Å². The molecule has 0 saturated carbocycles. The standard InChI is InChI=1S/C11H11FN2O4/c12-6-3-5(4-13-9(6)11(17)18)7-1-2-8(14-7)10(15)16/h3-4,7-8,14H,1-2H2,(H,15,16)(H,17,18)/t7-,8+/m0/s1. The second kappa shape index (κ2) is 4.69. The summed E-state index contributed by atoms with van der Waals surface area (Å²) in [4.78, 5) is 24.9. The Morgan fingerprint density at radius 3 is 2.61 bits per heavy atom. The number of rotatable bonds is 3. The molecule has 0 spiro atoms. The Balaban J connectivity index is 2.18. The molecule has 7 heteroatoms. The van der Waals surface area contributed by atoms with E-state index in [1.165, 1.54) is 6.20 Å². The highest BCUT2D eigenvalue weighted by Crippen LogP contribution is 2.26. The van der Waals surface area contributed by atoms with Gasteiger partial charge in [-0.05, 0) is 24.5 Å². The lowest BCUT2D eigenvalue weighted by atomic mass is 10.1. The van der Waals surface area contributed by atoms with Gasteiger partial charge in [0, 0.05) is 12.2 Å². The largest absolute Gasteiger partial charge is 0.480 e. The number of carbonyl (C=O) groups is 2. The first-order valence-corrected chi connectivity index (χ1v) is 5.36. The van der Waals surface area contributed by atoms with Gasteiger partial charge in [-0.1, -0.05) is 0 Å². The maximum Gasteiger partial charge on any atom is 0.357 e. The normalized spacial score (nSPS) is 22.9. The van der Waals surface area contributed by atoms with E-state index in [-0.39, 0.29) is 6.04 Å². The third kappa shape index (κ3) is 2.30. The van der Waals surface area contributed by atoms with Crippen LogP contribution in [0.4, 0.5) is 4.39 Å². The Hall–Kier alpha value is -2.02. The van der Waals surface area contributed by atoms with Gasteiger partial charge in [0.1, 0.15) is 6.04 Å². The smallest absolute Gasteiger partial charge is 0.357 e. The number of hydrogen-bond acceptors (Lipinski definition) is 4. The molecule has 1 aliphatic rings. The molecule has 2 atom stereocenters. The number of carboxylic acid groups (broad SMARTS) is 2. The number of nitrogens with one attached hydrogen (secondary N) is 1. The molecule has 0 bridgehead atoms. The summed E-state index contributed by atoms with van der Waals surface area (Å²) in [7, 11) is 0. The summed E-state index contributed by atoms with van der Waals surface area (Å²) in [6.07, 6.45) is 2.25. The maximum atomic E-state index is 13.4. The topological polar surface area (TPSA) is 99.5 Å². The summed E-state index contributed by atoms with van der Waals surface area (Å²) in [6, 6.07) is 0.117. The highest BCUT2D eigenvalue weighted by atomic mass is 19.1. The van der Waals surface area contributed by atoms with Crippen molar-refractivity contribution >= 4 is 11.9 Å². The van der Waals surface area contributed by atoms with Gasteiger partial charge in [0.2, 0.25) is 0 Å². The number of hydrogen-bond donors (Lipinski definition) is 3. The van der Waals surface area contributed by atoms with Crippen LogP contribution in [0.15, 0.2) is 12.3 Å². The second-order valence-electron chi connectivity index (χ2n) is 4.09. The number of halogens is 1. The van der Waals surface area contributed by atoms with Gasteiger partial charge in [-0.2, -0.15) is 0 Å². The number of aliphatic carboxylic acids is 1. The predicted molar refractivity (Wildman–Crippen MR) is 57.7 cm³/mol. The molecule has 1 aliphatic heterocycles. The van der Waals surface area contributed by atoms with Crippen LogP contribution in [0.2, 0.25) is 0 Å². The molecule has 0 aliphatic carbocycles. The fraction of sp³-hybridized carbons (Fsp3) is 0.364. The summed E-state index contributed by atoms with van der Waals surface area (Å²) in [6.45, 7) is 0. The number of aromatic nitrogens is 1. The molecule has 0 radical (unpaired) electrons. The van der Waals surface area contributed by atoms with E-state index in [1.54, 1.807) is 0 Å². The molecular formula is C11H11FN2O4. The van der Waals surface area contributed by atoms with Crippen LogP contribution < -0.4 is 5.32 Å². The average molecular weight is 254 g/mol. The molecule has 0 aromatic carbocycles. The van der Waals surface area contributed by atoms with Crippen molar-refractivity contribution in [3.63, 3.8) is 0 Å². The zero-order valence-electron chi connectivity index (χ0n) is 9.26. The lowest BCUT2D eigenvalue weighted by Gasteiger charge is -2.12. The van der Waals surface area contributed by atoms with E-state index in [4.69, 9.17) is 10.2 Å². The third-order valence-electron chi connectivity index (χ3n) is 2.91. The van der Waals surface area contributed by atoms with Crippen LogP contribution in [-0.4, -0.2) is 33.2 Å². The summed E-state index contributed by atoms with van der Waals surface area (Å²) in [5, 5.41) is 20.3. The summed E-state index contributed by atoms with van der Waals surface area (Å²) in [5.74, 6) is -3.30. The van der Waals surface area contributed by atoms with Crippen molar-refractivity contribution in [3.05, 3.63) is 29.3 Å². The molecular weight excluding hydrogens is 243 g/mol. The quantitative estimate of drug-likeness (QED) is 0.737. The van der Waals surface area contributed by atoms with Crippen molar-refractivity contribution in [1.29, 1.82) is 0 Å². The van der Waals surface area contributed by atoms with Crippen LogP contribution in [0, 0.1) is 5.82 Å². The van der Waals surface area contributed by atoms with Crippen LogP contribution in [0.5, 0.6) is 0 Å². The first kappa shape index (κ1) is 12.4. The fourth-order valence-electron chi connectivity index (χ4n) is 2.00. The number of pyridine rings is 1. The Bertz CT molecular complexity index is 506. The van der Waals surface area contributed by atoms with Gasteiger partial charge in [-0.3, -0.25) is 10.1 Å². The first-order valence-electron chi connectivity index (χ1n) is 5.36. The minimum atomic E-state index is -1.43. The number of nitrogens with zero attached hydrogens (tertiary/aromatic N) is 1. The van der Waals surface area contributed by atoms with E-state index in [9.17, 15) is 14.0 Å². The highest BCUT2D eigenvalue weighted by Gasteiger charge is 2.30. The summed E-state index contributed by atoms with van der Waals surface area (Å²) >= 11 is 0. The fourth-order valence-corrected chi connectivity index (χ4v) is 2.00. The summed E-state index contributed by atoms with van der Waals surface area (Å²) in [5.41, 5.74) is -0.173. The van der Waals surface area contributed by atoms with E-state index < -0.39 is 29.5 Å². The minimum Gasteiger partial charge on any atom is -0.480 e. The minimum absolute atomic E-state index is 0.309. The molecule has 0 amide bonds. The molecule has 1 aromatic heterocycles. The van der Waals surface area contributed by atoms with Crippen LogP contribution in [-0.2, 0) is 4.79 Å². The van der Waals surface area contributed by atoms with Crippen molar-refractivity contribution in [2.45, 2.75) is 24.9 Å². The SMILES string of the molecule is O=C(O)c1ncc([C@@H]2CC[C@H](C(=O)O)N2)cc1F. The van der Waals surface area contributed by atoms with Crippen LogP contribution in [0.1, 0.15) is 34.9 Å². The summed E-state index contributed by atoms with van der Waals surface area (Å²) < 4.78 is 13.4. The second-order valence-corrected chi connectivity index (χ2v) is 4.09. The van der Waals surface area contributed by atoms with Gasteiger partial charge >= 0.3 is 11.9 Å². The van der Waals surface area contributed by atoms with Gasteiger partial charge in [-0.15, -0.1) is 0 Å². The van der Waals surface area contributed by atoms with E-state index >= 15 is 0 Å². The third-order valence-corrected chi connectivity index (χ3v) is 2.91. The van der Waals surface area contributed by atoms with Gasteiger partial charge in [0.25, 0.3) is 0 Å². The molecule has 1 saturated heterocycles. The van der Waals surface area contributed by atoms with Crippen molar-refractivity contribution in [2.75, 3.05) is 0 Å². The molecule has 18 heavy (non-hydrogen) atoms. The molecule has 1 aromatic rings. The van der Waals surface area contributed by atoms with Crippen LogP contribution in [0.3, 0.4) is 0 Å². The van der Waals surface area contributed by atoms with E-state index in [0.717, 1.165) is 6.07 Å². The predicted octanol–water partition coefficient (Wildman–Crippen LogP) is 0.797. The molecule has 96 valence electrons. The Kier molecular flexibility index (Phi) is 3.24. The zero-order valence-corrected chi connectivity index (χ0v) is 9.26. The lowest BCUT2D eigenvalue weighted by molar-refractivity contribution is -0.139. The van der Waals surface area contributed by atoms with Gasteiger partial charge in [0.05, 0.1) is 0 Å². The Morgan fingerprint density at radius 1 is 1.39 bits per heavy atom. The highest BCUT2D eigenvalue weighted by molar-refractivity contribution is 5.85. The molecule has 2 heterocycles. The molecule has 1 fully saturated rings. The molecule has 6 nitrogen and oxygen atoms in total. The van der Waals surface area contributed by atoms with Crippen molar-refractivity contribution in [3.8, 4) is 0 Å². The average Bonchev–Trinajstić information content (AvgIpc) is 2.77. The monoisotopic (exact) mass is 254 g/mol. The maximum absolute atomic E-state index is 13.4. The molecule has 2 rings (SSSR count). The molecule has 3 N–H and O–H groups in total. The van der Waals surface area contributed by atoms with E-state index in [0.29, 0.717) is 18.4 Å². The van der Waals surface area contributed by atoms with Crippen molar-refractivity contribution < 1.29 is 24.2 Å². The van der Waals surface area contributed by atoms with E-state index in [1.807, 2.05) is 0 Å². The Morgan fingerprint density at radius 2 is 2.11 bits per heavy atom. The molecule has 0 unspecified atom stereocenters. The first-order chi connectivity index (χ1) is 8.49. The number of carboxylic acids is 2. The lowest BCUT2D eigenvalue weighted by Crippen LogP contribution is -2.31. The van der Waals surface area contributed by atoms with Crippen molar-refractivity contribution in [2.24, 2.45) is 0 Å². The van der Waals surface area contributed by atoms with Gasteiger partial charge in [0.15, 0.2) is 11.5 Å². The van der Waals surface area contributed by atoms with Crippen LogP contribution in [0.25, 0.3) is 0 Å². The van der Waals surface area contributed by atoms with Gasteiger partial charge < -0.3 is 10.2 Å². The zero-order chi connectivity index (χ0) is 13.3. The Labute approximate surface area is 101 Å².